The Balaban J connectivity index is 2.20. The van der Waals surface area contributed by atoms with Gasteiger partial charge in [-0.15, -0.1) is 0 Å². The summed E-state index contributed by atoms with van der Waals surface area (Å²) in [6.07, 6.45) is 3.18. The molecule has 1 amide bonds. The average molecular weight is 393 g/mol. The second-order valence-corrected chi connectivity index (χ2v) is 7.42. The van der Waals surface area contributed by atoms with Crippen molar-refractivity contribution in [3.05, 3.63) is 93.3 Å². The molecular formula is C22H23N3O4. The first-order chi connectivity index (χ1) is 13.7. The molecule has 2 aromatic rings. The van der Waals surface area contributed by atoms with Crippen molar-refractivity contribution in [3.8, 4) is 0 Å². The molecular weight excluding hydrogens is 370 g/mol. The van der Waals surface area contributed by atoms with Crippen LogP contribution in [0.4, 0.5) is 5.69 Å². The van der Waals surface area contributed by atoms with Crippen molar-refractivity contribution >= 4 is 23.5 Å². The van der Waals surface area contributed by atoms with Crippen LogP contribution in [0.2, 0.25) is 0 Å². The number of hydrogen-bond donors (Lipinski definition) is 2. The molecule has 2 aromatic carbocycles. The molecule has 0 spiro atoms. The third-order valence-electron chi connectivity index (χ3n) is 4.30. The highest BCUT2D eigenvalue weighted by atomic mass is 16.6. The van der Waals surface area contributed by atoms with Gasteiger partial charge >= 0.3 is 0 Å². The van der Waals surface area contributed by atoms with Crippen LogP contribution in [0.3, 0.4) is 0 Å². The molecule has 0 aliphatic carbocycles. The summed E-state index contributed by atoms with van der Waals surface area (Å²) in [6, 6.07) is 12.9. The number of rotatable bonds is 6. The van der Waals surface area contributed by atoms with Gasteiger partial charge in [0.1, 0.15) is 0 Å². The van der Waals surface area contributed by atoms with Gasteiger partial charge in [0.05, 0.1) is 10.6 Å². The molecule has 0 saturated heterocycles. The number of nitrogens with zero attached hydrogens (tertiary/aromatic N) is 1. The van der Waals surface area contributed by atoms with Gasteiger partial charge in [-0.25, -0.2) is 0 Å². The number of nitrogens with two attached hydrogens (primary N) is 1. The van der Waals surface area contributed by atoms with Crippen molar-refractivity contribution in [3.63, 3.8) is 0 Å². The average Bonchev–Trinajstić information content (AvgIpc) is 2.70. The summed E-state index contributed by atoms with van der Waals surface area (Å²) in [5.74, 6) is -0.427. The normalized spacial score (nSPS) is 12.4. The fourth-order valence-electron chi connectivity index (χ4n) is 2.60. The summed E-state index contributed by atoms with van der Waals surface area (Å²) >= 11 is 0. The standard InChI is InChI=1S/C22H23N3O4/c1-22(2,3)18-8-4-16(5-9-18)21(27)24-19(14-26)12-17(13-23)15-6-10-20(11-7-15)25(28)29/h4-14H,23H2,1-3H3,(H,24,27)/b17-13+,19-12+. The number of allylic oxidation sites excluding steroid dienone is 3. The van der Waals surface area contributed by atoms with E-state index in [1.54, 1.807) is 12.1 Å². The SMILES string of the molecule is CC(C)(C)c1ccc(C(=O)N/C(C=O)=C/C(=C\N)c2ccc([N+](=O)[O-])cc2)cc1. The number of hydrogen-bond acceptors (Lipinski definition) is 5. The van der Waals surface area contributed by atoms with Gasteiger partial charge in [0, 0.05) is 23.9 Å². The lowest BCUT2D eigenvalue weighted by atomic mass is 9.87. The zero-order valence-electron chi connectivity index (χ0n) is 16.5. The van der Waals surface area contributed by atoms with Crippen LogP contribution in [-0.2, 0) is 10.2 Å². The highest BCUT2D eigenvalue weighted by Crippen LogP contribution is 2.22. The second-order valence-electron chi connectivity index (χ2n) is 7.42. The summed E-state index contributed by atoms with van der Waals surface area (Å²) in [6.45, 7) is 6.23. The Morgan fingerprint density at radius 2 is 1.59 bits per heavy atom. The number of aldehydes is 1. The van der Waals surface area contributed by atoms with Crippen LogP contribution in [0.1, 0.15) is 42.3 Å². The largest absolute Gasteiger partial charge is 0.404 e. The molecule has 150 valence electrons. The highest BCUT2D eigenvalue weighted by Gasteiger charge is 2.15. The topological polar surface area (TPSA) is 115 Å². The van der Waals surface area contributed by atoms with Crippen molar-refractivity contribution in [2.24, 2.45) is 5.73 Å². The zero-order valence-corrected chi connectivity index (χ0v) is 16.5. The van der Waals surface area contributed by atoms with E-state index in [0.29, 0.717) is 23.0 Å². The maximum absolute atomic E-state index is 12.5. The molecule has 3 N–H and O–H groups in total. The number of carbonyl (C=O) groups excluding carboxylic acids is 2. The molecule has 0 heterocycles. The Morgan fingerprint density at radius 3 is 2.03 bits per heavy atom. The van der Waals surface area contributed by atoms with Gasteiger partial charge in [-0.1, -0.05) is 32.9 Å². The Bertz CT molecular complexity index is 967. The molecule has 0 bridgehead atoms. The number of amides is 1. The maximum atomic E-state index is 12.5. The van der Waals surface area contributed by atoms with Crippen LogP contribution >= 0.6 is 0 Å². The fraction of sp³-hybridized carbons (Fsp3) is 0.182. The maximum Gasteiger partial charge on any atom is 0.269 e. The van der Waals surface area contributed by atoms with E-state index in [9.17, 15) is 19.7 Å². The molecule has 0 atom stereocenters. The van der Waals surface area contributed by atoms with Crippen molar-refractivity contribution in [2.75, 3.05) is 0 Å². The smallest absolute Gasteiger partial charge is 0.269 e. The van der Waals surface area contributed by atoms with E-state index in [2.05, 4.69) is 26.1 Å². The van der Waals surface area contributed by atoms with E-state index < -0.39 is 10.8 Å². The predicted molar refractivity (Wildman–Crippen MR) is 112 cm³/mol. The molecule has 0 fully saturated rings. The van der Waals surface area contributed by atoms with E-state index in [0.717, 1.165) is 5.56 Å². The summed E-state index contributed by atoms with van der Waals surface area (Å²) in [5, 5.41) is 13.3. The van der Waals surface area contributed by atoms with Crippen LogP contribution in [0.5, 0.6) is 0 Å². The molecule has 0 aliphatic heterocycles. The minimum absolute atomic E-state index is 0.0185. The van der Waals surface area contributed by atoms with Gasteiger partial charge in [-0.05, 0) is 52.5 Å². The number of nitro benzene ring substituents is 1. The van der Waals surface area contributed by atoms with Crippen molar-refractivity contribution < 1.29 is 14.5 Å². The van der Waals surface area contributed by atoms with Crippen molar-refractivity contribution in [1.82, 2.24) is 5.32 Å². The van der Waals surface area contributed by atoms with Gasteiger partial charge in [-0.3, -0.25) is 19.7 Å². The molecule has 0 unspecified atom stereocenters. The van der Waals surface area contributed by atoms with E-state index in [4.69, 9.17) is 5.73 Å². The molecule has 7 heteroatoms. The first-order valence-corrected chi connectivity index (χ1v) is 8.91. The lowest BCUT2D eigenvalue weighted by Gasteiger charge is -2.19. The Labute approximate surface area is 169 Å². The second kappa shape index (κ2) is 8.97. The molecule has 0 aliphatic rings. The Hall–Kier alpha value is -3.74. The molecule has 0 saturated carbocycles. The number of benzene rings is 2. The first-order valence-electron chi connectivity index (χ1n) is 8.91. The van der Waals surface area contributed by atoms with Crippen molar-refractivity contribution in [2.45, 2.75) is 26.2 Å². The van der Waals surface area contributed by atoms with E-state index in [1.165, 1.54) is 36.5 Å². The quantitative estimate of drug-likeness (QED) is 0.255. The third-order valence-corrected chi connectivity index (χ3v) is 4.30. The molecule has 0 radical (unpaired) electrons. The molecule has 7 nitrogen and oxygen atoms in total. The lowest BCUT2D eigenvalue weighted by Crippen LogP contribution is -2.24. The van der Waals surface area contributed by atoms with E-state index in [-0.39, 0.29) is 16.8 Å². The number of nitrogens with one attached hydrogen (secondary N) is 1. The third kappa shape index (κ3) is 5.62. The highest BCUT2D eigenvalue weighted by molar-refractivity contribution is 5.99. The number of nitro groups is 1. The summed E-state index contributed by atoms with van der Waals surface area (Å²) in [7, 11) is 0. The number of carbonyl (C=O) groups is 2. The lowest BCUT2D eigenvalue weighted by molar-refractivity contribution is -0.384. The molecule has 0 aromatic heterocycles. The monoisotopic (exact) mass is 393 g/mol. The van der Waals surface area contributed by atoms with Gasteiger partial charge < -0.3 is 11.1 Å². The fourth-order valence-corrected chi connectivity index (χ4v) is 2.60. The van der Waals surface area contributed by atoms with Crippen LogP contribution in [0, 0.1) is 10.1 Å². The zero-order chi connectivity index (χ0) is 21.6. The molecule has 2 rings (SSSR count). The van der Waals surface area contributed by atoms with E-state index >= 15 is 0 Å². The van der Waals surface area contributed by atoms with Gasteiger partial charge in [-0.2, -0.15) is 0 Å². The Kier molecular flexibility index (Phi) is 6.67. The molecule has 29 heavy (non-hydrogen) atoms. The summed E-state index contributed by atoms with van der Waals surface area (Å²) in [4.78, 5) is 34.2. The van der Waals surface area contributed by atoms with Crippen LogP contribution in [0.25, 0.3) is 5.57 Å². The van der Waals surface area contributed by atoms with Crippen LogP contribution in [0.15, 0.2) is 66.5 Å². The first kappa shape index (κ1) is 21.6. The van der Waals surface area contributed by atoms with Gasteiger partial charge in [0.2, 0.25) is 0 Å². The van der Waals surface area contributed by atoms with Gasteiger partial charge in [0.15, 0.2) is 6.29 Å². The van der Waals surface area contributed by atoms with Crippen molar-refractivity contribution in [1.29, 1.82) is 0 Å². The Morgan fingerprint density at radius 1 is 1.03 bits per heavy atom. The van der Waals surface area contributed by atoms with E-state index in [1.807, 2.05) is 12.1 Å². The van der Waals surface area contributed by atoms with Crippen LogP contribution < -0.4 is 11.1 Å². The summed E-state index contributed by atoms with van der Waals surface area (Å²) < 4.78 is 0. The number of non-ortho nitro benzene ring substituents is 1. The summed E-state index contributed by atoms with van der Waals surface area (Å²) in [5.41, 5.74) is 8.07. The minimum atomic E-state index is -0.506. The predicted octanol–water partition coefficient (Wildman–Crippen LogP) is 3.70. The minimum Gasteiger partial charge on any atom is -0.404 e. The van der Waals surface area contributed by atoms with Gasteiger partial charge in [0.25, 0.3) is 11.6 Å². The van der Waals surface area contributed by atoms with Crippen LogP contribution in [-0.4, -0.2) is 17.1 Å².